The van der Waals surface area contributed by atoms with Crippen molar-refractivity contribution in [2.24, 2.45) is 11.8 Å². The summed E-state index contributed by atoms with van der Waals surface area (Å²) in [5, 5.41) is 0. The Morgan fingerprint density at radius 3 is 2.47 bits per heavy atom. The maximum absolute atomic E-state index is 13.5. The summed E-state index contributed by atoms with van der Waals surface area (Å²) in [5.74, 6) is 1.36. The number of benzene rings is 1. The van der Waals surface area contributed by atoms with Crippen LogP contribution in [-0.4, -0.2) is 20.2 Å². The Hall–Kier alpha value is -1.45. The van der Waals surface area contributed by atoms with Crippen LogP contribution in [-0.2, 0) is 0 Å². The number of ether oxygens (including phenoxy) is 1. The van der Waals surface area contributed by atoms with Crippen LogP contribution in [0.4, 0.5) is 15.8 Å². The highest BCUT2D eigenvalue weighted by molar-refractivity contribution is 5.70. The zero-order chi connectivity index (χ0) is 14.0. The topological polar surface area (TPSA) is 38.5 Å². The van der Waals surface area contributed by atoms with Crippen LogP contribution in [0.1, 0.15) is 26.7 Å². The van der Waals surface area contributed by atoms with Gasteiger partial charge in [0, 0.05) is 25.2 Å². The van der Waals surface area contributed by atoms with Gasteiger partial charge in [0.1, 0.15) is 0 Å². The van der Waals surface area contributed by atoms with Crippen LogP contribution in [0.15, 0.2) is 12.1 Å². The number of rotatable bonds is 3. The molecule has 1 heterocycles. The number of nitrogens with zero attached hydrogens (tertiary/aromatic N) is 1. The van der Waals surface area contributed by atoms with Gasteiger partial charge in [0.05, 0.1) is 18.5 Å². The SMILES string of the molecule is COc1cc(N2CCC(C(C)C)CC2)c(N)cc1F. The lowest BCUT2D eigenvalue weighted by Gasteiger charge is -2.36. The molecule has 2 N–H and O–H groups in total. The smallest absolute Gasteiger partial charge is 0.167 e. The number of methoxy groups -OCH3 is 1. The number of anilines is 2. The fourth-order valence-electron chi connectivity index (χ4n) is 2.80. The molecule has 1 aliphatic heterocycles. The lowest BCUT2D eigenvalue weighted by Crippen LogP contribution is -2.35. The molecular formula is C15H23FN2O. The Bertz CT molecular complexity index is 440. The molecule has 0 atom stereocenters. The summed E-state index contributed by atoms with van der Waals surface area (Å²) < 4.78 is 18.6. The molecule has 0 amide bonds. The highest BCUT2D eigenvalue weighted by atomic mass is 19.1. The molecule has 1 aliphatic rings. The molecule has 19 heavy (non-hydrogen) atoms. The second-order valence-corrected chi connectivity index (χ2v) is 5.61. The molecule has 1 fully saturated rings. The van der Waals surface area contributed by atoms with Crippen LogP contribution < -0.4 is 15.4 Å². The molecule has 1 aromatic carbocycles. The average Bonchev–Trinajstić information content (AvgIpc) is 2.39. The molecule has 2 rings (SSSR count). The van der Waals surface area contributed by atoms with Crippen LogP contribution in [0.3, 0.4) is 0 Å². The Balaban J connectivity index is 2.15. The van der Waals surface area contributed by atoms with E-state index in [2.05, 4.69) is 18.7 Å². The summed E-state index contributed by atoms with van der Waals surface area (Å²) in [4.78, 5) is 2.23. The van der Waals surface area contributed by atoms with Crippen LogP contribution in [0.5, 0.6) is 5.75 Å². The summed E-state index contributed by atoms with van der Waals surface area (Å²) >= 11 is 0. The fraction of sp³-hybridized carbons (Fsp3) is 0.600. The molecule has 0 aliphatic carbocycles. The molecule has 0 aromatic heterocycles. The summed E-state index contributed by atoms with van der Waals surface area (Å²) in [6.07, 6.45) is 2.33. The third-order valence-electron chi connectivity index (χ3n) is 4.12. The van der Waals surface area contributed by atoms with Crippen molar-refractivity contribution < 1.29 is 9.13 Å². The third kappa shape index (κ3) is 2.94. The summed E-state index contributed by atoms with van der Waals surface area (Å²) in [5.41, 5.74) is 7.31. The number of piperidine rings is 1. The molecule has 3 nitrogen and oxygen atoms in total. The lowest BCUT2D eigenvalue weighted by atomic mass is 9.86. The van der Waals surface area contributed by atoms with Crippen LogP contribution in [0.25, 0.3) is 0 Å². The molecule has 0 radical (unpaired) electrons. The molecule has 1 saturated heterocycles. The maximum atomic E-state index is 13.5. The van der Waals surface area contributed by atoms with Gasteiger partial charge in [-0.2, -0.15) is 0 Å². The van der Waals surface area contributed by atoms with Crippen LogP contribution >= 0.6 is 0 Å². The van der Waals surface area contributed by atoms with Gasteiger partial charge >= 0.3 is 0 Å². The van der Waals surface area contributed by atoms with E-state index in [1.165, 1.54) is 13.2 Å². The first-order chi connectivity index (χ1) is 9.02. The summed E-state index contributed by atoms with van der Waals surface area (Å²) in [6, 6.07) is 3.06. The Morgan fingerprint density at radius 1 is 1.32 bits per heavy atom. The van der Waals surface area contributed by atoms with E-state index in [0.717, 1.165) is 43.5 Å². The monoisotopic (exact) mass is 266 g/mol. The predicted molar refractivity (Wildman–Crippen MR) is 77.1 cm³/mol. The zero-order valence-electron chi connectivity index (χ0n) is 11.9. The van der Waals surface area contributed by atoms with Crippen LogP contribution in [0.2, 0.25) is 0 Å². The lowest BCUT2D eigenvalue weighted by molar-refractivity contribution is 0.311. The molecule has 4 heteroatoms. The van der Waals surface area contributed by atoms with E-state index in [-0.39, 0.29) is 5.75 Å². The van der Waals surface area contributed by atoms with Crippen molar-refractivity contribution in [3.63, 3.8) is 0 Å². The van der Waals surface area contributed by atoms with Crippen molar-refractivity contribution in [1.29, 1.82) is 0 Å². The number of halogens is 1. The normalized spacial score (nSPS) is 17.0. The minimum Gasteiger partial charge on any atom is -0.494 e. The highest BCUT2D eigenvalue weighted by Crippen LogP contribution is 2.34. The van der Waals surface area contributed by atoms with Gasteiger partial charge in [-0.05, 0) is 24.7 Å². The summed E-state index contributed by atoms with van der Waals surface area (Å²) in [6.45, 7) is 6.49. The number of nitrogen functional groups attached to an aromatic ring is 1. The van der Waals surface area contributed by atoms with Crippen molar-refractivity contribution >= 4 is 11.4 Å². The van der Waals surface area contributed by atoms with E-state index < -0.39 is 5.82 Å². The second-order valence-electron chi connectivity index (χ2n) is 5.61. The average molecular weight is 266 g/mol. The largest absolute Gasteiger partial charge is 0.494 e. The van der Waals surface area contributed by atoms with E-state index in [1.54, 1.807) is 6.07 Å². The Morgan fingerprint density at radius 2 is 1.95 bits per heavy atom. The van der Waals surface area contributed by atoms with E-state index in [4.69, 9.17) is 10.5 Å². The van der Waals surface area contributed by atoms with Gasteiger partial charge in [0.15, 0.2) is 11.6 Å². The predicted octanol–water partition coefficient (Wildman–Crippen LogP) is 3.29. The molecule has 0 spiro atoms. The van der Waals surface area contributed by atoms with Gasteiger partial charge in [0.2, 0.25) is 0 Å². The van der Waals surface area contributed by atoms with Crippen molar-refractivity contribution in [1.82, 2.24) is 0 Å². The van der Waals surface area contributed by atoms with Gasteiger partial charge < -0.3 is 15.4 Å². The van der Waals surface area contributed by atoms with Gasteiger partial charge in [-0.1, -0.05) is 13.8 Å². The van der Waals surface area contributed by atoms with E-state index in [0.29, 0.717) is 5.69 Å². The quantitative estimate of drug-likeness (QED) is 0.853. The third-order valence-corrected chi connectivity index (χ3v) is 4.12. The molecule has 1 aromatic rings. The Labute approximate surface area is 114 Å². The minimum absolute atomic E-state index is 0.259. The first-order valence-electron chi connectivity index (χ1n) is 6.91. The molecule has 0 saturated carbocycles. The van der Waals surface area contributed by atoms with E-state index in [9.17, 15) is 4.39 Å². The van der Waals surface area contributed by atoms with Gasteiger partial charge in [0.25, 0.3) is 0 Å². The molecule has 106 valence electrons. The van der Waals surface area contributed by atoms with Crippen molar-refractivity contribution in [3.8, 4) is 5.75 Å². The molecule has 0 unspecified atom stereocenters. The number of hydrogen-bond donors (Lipinski definition) is 1. The molecule has 0 bridgehead atoms. The Kier molecular flexibility index (Phi) is 4.17. The number of hydrogen-bond acceptors (Lipinski definition) is 3. The van der Waals surface area contributed by atoms with Crippen LogP contribution in [0, 0.1) is 17.7 Å². The van der Waals surface area contributed by atoms with Crippen molar-refractivity contribution in [2.75, 3.05) is 30.8 Å². The van der Waals surface area contributed by atoms with Gasteiger partial charge in [-0.15, -0.1) is 0 Å². The molecular weight excluding hydrogens is 243 g/mol. The highest BCUT2D eigenvalue weighted by Gasteiger charge is 2.23. The van der Waals surface area contributed by atoms with E-state index >= 15 is 0 Å². The number of nitrogens with two attached hydrogens (primary N) is 1. The van der Waals surface area contributed by atoms with Crippen molar-refractivity contribution in [3.05, 3.63) is 17.9 Å². The summed E-state index contributed by atoms with van der Waals surface area (Å²) in [7, 11) is 1.48. The standard InChI is InChI=1S/C15H23FN2O/c1-10(2)11-4-6-18(7-5-11)14-9-15(19-3)12(16)8-13(14)17/h8-11H,4-7,17H2,1-3H3. The van der Waals surface area contributed by atoms with Gasteiger partial charge in [-0.25, -0.2) is 4.39 Å². The first kappa shape index (κ1) is 14.0. The first-order valence-corrected chi connectivity index (χ1v) is 6.91. The van der Waals surface area contributed by atoms with Gasteiger partial charge in [-0.3, -0.25) is 0 Å². The second kappa shape index (κ2) is 5.68. The van der Waals surface area contributed by atoms with Crippen molar-refractivity contribution in [2.45, 2.75) is 26.7 Å². The van der Waals surface area contributed by atoms with E-state index in [1.807, 2.05) is 0 Å². The minimum atomic E-state index is -0.402. The fourth-order valence-corrected chi connectivity index (χ4v) is 2.80. The zero-order valence-corrected chi connectivity index (χ0v) is 11.9. The maximum Gasteiger partial charge on any atom is 0.167 e.